The quantitative estimate of drug-likeness (QED) is 0.150. The molecule has 70 heavy (non-hydrogen) atoms. The van der Waals surface area contributed by atoms with Gasteiger partial charge in [-0.1, -0.05) is 26.8 Å². The Kier molecular flexibility index (Phi) is 18.9. The van der Waals surface area contributed by atoms with Gasteiger partial charge in [0.25, 0.3) is 10.0 Å². The van der Waals surface area contributed by atoms with Gasteiger partial charge in [-0.15, -0.1) is 0 Å². The number of carbonyl (C=O) groups is 2. The van der Waals surface area contributed by atoms with E-state index in [1.807, 2.05) is 25.9 Å². The summed E-state index contributed by atoms with van der Waals surface area (Å²) in [6.07, 6.45) is -11.4. The van der Waals surface area contributed by atoms with Gasteiger partial charge in [0.15, 0.2) is 18.9 Å². The van der Waals surface area contributed by atoms with Crippen LogP contribution in [0.1, 0.15) is 88.0 Å². The van der Waals surface area contributed by atoms with Crippen LogP contribution in [0.3, 0.4) is 0 Å². The van der Waals surface area contributed by atoms with Crippen LogP contribution in [0.2, 0.25) is 0 Å². The normalized spacial score (nSPS) is 39.6. The van der Waals surface area contributed by atoms with Gasteiger partial charge in [0.05, 0.1) is 40.8 Å². The zero-order chi connectivity index (χ0) is 52.3. The lowest BCUT2D eigenvalue weighted by Gasteiger charge is -2.48. The molecule has 22 heteroatoms. The summed E-state index contributed by atoms with van der Waals surface area (Å²) in [4.78, 5) is 36.0. The maximum Gasteiger partial charge on any atom is 0.322 e. The maximum absolute atomic E-state index is 14.5. The van der Waals surface area contributed by atoms with E-state index >= 15 is 0 Å². The number of aliphatic hydroxyl groups is 6. The molecular formula is C48H77N5O16S. The lowest BCUT2D eigenvalue weighted by atomic mass is 9.77. The monoisotopic (exact) mass is 1010 g/mol. The largest absolute Gasteiger partial charge is 0.459 e. The minimum absolute atomic E-state index is 0.00789. The Morgan fingerprint density at radius 2 is 1.60 bits per heavy atom. The number of sulfonamides is 1. The molecule has 3 fully saturated rings. The molecule has 2 aromatic rings. The minimum Gasteiger partial charge on any atom is -0.459 e. The zero-order valence-corrected chi connectivity index (χ0v) is 43.1. The van der Waals surface area contributed by atoms with Crippen molar-refractivity contribution in [1.82, 2.24) is 14.8 Å². The minimum atomic E-state index is -4.05. The highest BCUT2D eigenvalue weighted by molar-refractivity contribution is 7.92. The fraction of sp³-hybridized carbons (Fsp3) is 0.729. The van der Waals surface area contributed by atoms with E-state index < -0.39 is 124 Å². The Bertz CT molecular complexity index is 2140. The first-order valence-electron chi connectivity index (χ1n) is 23.9. The summed E-state index contributed by atoms with van der Waals surface area (Å²) < 4.78 is 65.6. The Morgan fingerprint density at radius 3 is 2.19 bits per heavy atom. The van der Waals surface area contributed by atoms with Crippen LogP contribution in [-0.4, -0.2) is 184 Å². The number of methoxy groups -OCH3 is 1. The van der Waals surface area contributed by atoms with Crippen molar-refractivity contribution in [2.75, 3.05) is 37.8 Å². The van der Waals surface area contributed by atoms with Crippen molar-refractivity contribution in [3.8, 4) is 0 Å². The van der Waals surface area contributed by atoms with Gasteiger partial charge in [-0.05, 0) is 117 Å². The number of hydrogen-bond donors (Lipinski definition) is 8. The fourth-order valence-corrected chi connectivity index (χ4v) is 11.0. The van der Waals surface area contributed by atoms with E-state index in [1.54, 1.807) is 39.8 Å². The third kappa shape index (κ3) is 13.1. The Labute approximate surface area is 411 Å². The number of aromatic nitrogens is 1. The number of urea groups is 1. The van der Waals surface area contributed by atoms with Crippen LogP contribution in [0.15, 0.2) is 53.6 Å². The Morgan fingerprint density at radius 1 is 0.943 bits per heavy atom. The van der Waals surface area contributed by atoms with Crippen LogP contribution < -0.4 is 10.0 Å². The smallest absolute Gasteiger partial charge is 0.322 e. The van der Waals surface area contributed by atoms with Crippen LogP contribution in [0.25, 0.3) is 0 Å². The number of esters is 1. The first-order valence-corrected chi connectivity index (χ1v) is 25.4. The molecule has 3 aliphatic heterocycles. The van der Waals surface area contributed by atoms with Crippen LogP contribution in [0, 0.1) is 17.8 Å². The number of rotatable bonds is 11. The average Bonchev–Trinajstić information content (AvgIpc) is 3.29. The summed E-state index contributed by atoms with van der Waals surface area (Å²) in [5.74, 6) is -3.63. The summed E-state index contributed by atoms with van der Waals surface area (Å²) in [7, 11) is 0.939. The summed E-state index contributed by atoms with van der Waals surface area (Å²) in [5, 5.41) is 73.2. The van der Waals surface area contributed by atoms with Crippen molar-refractivity contribution >= 4 is 33.5 Å². The van der Waals surface area contributed by atoms with E-state index in [0.29, 0.717) is 6.42 Å². The van der Waals surface area contributed by atoms with Crippen LogP contribution in [0.5, 0.6) is 0 Å². The van der Waals surface area contributed by atoms with Gasteiger partial charge < -0.3 is 74.2 Å². The third-order valence-corrected chi connectivity index (χ3v) is 15.6. The number of nitrogens with zero attached hydrogens (tertiary/aromatic N) is 3. The Hall–Kier alpha value is -3.62. The van der Waals surface area contributed by atoms with E-state index in [9.17, 15) is 48.6 Å². The van der Waals surface area contributed by atoms with Crippen LogP contribution in [-0.2, 0) is 43.2 Å². The lowest BCUT2D eigenvalue weighted by molar-refractivity contribution is -0.348. The molecule has 4 heterocycles. The molecule has 396 valence electrons. The van der Waals surface area contributed by atoms with Crippen molar-refractivity contribution < 1.29 is 77.1 Å². The molecule has 0 spiro atoms. The molecular weight excluding hydrogens is 935 g/mol. The molecule has 21 nitrogen and oxygen atoms in total. The standard InChI is InChI=1S/C48H77N5O16S/c1-13-34-48(9,61)39(55)30(6)53(45(59)50-31-17-19-32(20-18-31)70(62,63)51-35-16-14-15-21-49-35)25-26(2)23-46(7,60)41(69-44-37(54)33(52(10)11)22-27(3)65-44)28(4)38(29(5)42(57)66-34)67-36-24-47(8,64-12)40(56)43(58)68-36/h14-21,26-30,33-34,36-41,43-44,54-56,58,60-61H,13,22-25H2,1-12H3,(H,49,51)(H,50,59)/t26-,27-,28+,29-,30-,33-,34-,36-,37-,38+,39-,40-,41-,43+,44+,46+,47+,48-/m1/s1. The molecule has 5 rings (SSSR count). The highest BCUT2D eigenvalue weighted by Gasteiger charge is 2.53. The topological polar surface area (TPSA) is 288 Å². The van der Waals surface area contributed by atoms with Crippen LogP contribution in [0.4, 0.5) is 16.3 Å². The molecule has 8 N–H and O–H groups in total. The second kappa shape index (κ2) is 23.1. The highest BCUT2D eigenvalue weighted by atomic mass is 32.2. The molecule has 3 aliphatic rings. The molecule has 0 saturated carbocycles. The maximum atomic E-state index is 14.5. The van der Waals surface area contributed by atoms with Gasteiger partial charge in [-0.25, -0.2) is 18.2 Å². The molecule has 1 aromatic carbocycles. The van der Waals surface area contributed by atoms with Gasteiger partial charge in [-0.2, -0.15) is 0 Å². The number of benzene rings is 1. The number of ether oxygens (including phenoxy) is 6. The fourth-order valence-electron chi connectivity index (χ4n) is 10.0. The predicted molar refractivity (Wildman–Crippen MR) is 255 cm³/mol. The van der Waals surface area contributed by atoms with Gasteiger partial charge in [0, 0.05) is 43.9 Å². The summed E-state index contributed by atoms with van der Waals surface area (Å²) >= 11 is 0. The summed E-state index contributed by atoms with van der Waals surface area (Å²) in [6, 6.07) is 7.80. The van der Waals surface area contributed by atoms with Crippen molar-refractivity contribution in [2.24, 2.45) is 17.8 Å². The highest BCUT2D eigenvalue weighted by Crippen LogP contribution is 2.40. The zero-order valence-electron chi connectivity index (χ0n) is 42.3. The number of hydrogen-bond acceptors (Lipinski definition) is 18. The number of anilines is 2. The van der Waals surface area contributed by atoms with Crippen molar-refractivity contribution in [3.63, 3.8) is 0 Å². The first-order chi connectivity index (χ1) is 32.6. The van der Waals surface area contributed by atoms with E-state index in [0.717, 1.165) is 0 Å². The predicted octanol–water partition coefficient (Wildman–Crippen LogP) is 2.63. The van der Waals surface area contributed by atoms with Gasteiger partial charge in [0.2, 0.25) is 0 Å². The number of cyclic esters (lactones) is 1. The third-order valence-electron chi connectivity index (χ3n) is 14.2. The lowest BCUT2D eigenvalue weighted by Crippen LogP contribution is -2.61. The van der Waals surface area contributed by atoms with Gasteiger partial charge >= 0.3 is 12.0 Å². The number of nitrogens with one attached hydrogen (secondary N) is 2. The molecule has 1 aromatic heterocycles. The van der Waals surface area contributed by atoms with Crippen molar-refractivity contribution in [1.29, 1.82) is 0 Å². The summed E-state index contributed by atoms with van der Waals surface area (Å²) in [5.41, 5.74) is -5.22. The molecule has 0 unspecified atom stereocenters. The average molecular weight is 1010 g/mol. The Balaban J connectivity index is 1.56. The number of carbonyl (C=O) groups excluding carboxylic acids is 2. The van der Waals surface area contributed by atoms with E-state index in [1.165, 1.54) is 76.2 Å². The molecule has 0 bridgehead atoms. The number of aliphatic hydroxyl groups excluding tert-OH is 4. The molecule has 2 amide bonds. The molecule has 3 saturated heterocycles. The van der Waals surface area contributed by atoms with Crippen molar-refractivity contribution in [2.45, 2.75) is 183 Å². The summed E-state index contributed by atoms with van der Waals surface area (Å²) in [6.45, 7) is 14.2. The van der Waals surface area contributed by atoms with Gasteiger partial charge in [-0.3, -0.25) is 9.52 Å². The first kappa shape index (κ1) is 57.3. The number of pyridine rings is 1. The van der Waals surface area contributed by atoms with Crippen LogP contribution >= 0.6 is 0 Å². The van der Waals surface area contributed by atoms with Crippen molar-refractivity contribution in [3.05, 3.63) is 48.7 Å². The molecule has 18 atom stereocenters. The van der Waals surface area contributed by atoms with E-state index in [4.69, 9.17) is 28.4 Å². The van der Waals surface area contributed by atoms with E-state index in [2.05, 4.69) is 15.0 Å². The van der Waals surface area contributed by atoms with Gasteiger partial charge in [0.1, 0.15) is 41.4 Å². The van der Waals surface area contributed by atoms with E-state index in [-0.39, 0.29) is 48.3 Å². The number of amides is 2. The molecule has 0 aliphatic carbocycles. The second-order valence-corrected chi connectivity index (χ2v) is 22.0. The SMILES string of the molecule is CC[C@H]1OC(=O)[C@H](C)[C@@H](O[C@H]2C[C@](C)(OC)[C@H](O)[C@@H](O)O2)[C@H](C)[C@@H](O[C@@H]2O[C@H](C)C[C@@H](N(C)C)[C@H]2O)[C@@](C)(O)C[C@@H](C)CN(C(=O)Nc2ccc(S(=O)(=O)Nc3ccccn3)cc2)[C@H](C)[C@@H](O)[C@]1(C)O. The molecule has 0 radical (unpaired) electrons. The number of likely N-dealkylation sites (N-methyl/N-ethyl adjacent to an activating group) is 1. The second-order valence-electron chi connectivity index (χ2n) is 20.3.